The topological polar surface area (TPSA) is 87.9 Å². The maximum atomic E-state index is 11.2. The predicted molar refractivity (Wildman–Crippen MR) is 68.9 cm³/mol. The molecule has 0 amide bonds. The van der Waals surface area contributed by atoms with Gasteiger partial charge < -0.3 is 14.2 Å². The highest BCUT2D eigenvalue weighted by atomic mass is 16.6. The van der Waals surface area contributed by atoms with Crippen molar-refractivity contribution in [2.24, 2.45) is 0 Å². The fraction of sp³-hybridized carbons (Fsp3) is 0.462. The lowest BCUT2D eigenvalue weighted by Crippen LogP contribution is -2.17. The van der Waals surface area contributed by atoms with Crippen molar-refractivity contribution in [2.45, 2.75) is 26.4 Å². The summed E-state index contributed by atoms with van der Waals surface area (Å²) in [4.78, 5) is 21.8. The predicted octanol–water partition coefficient (Wildman–Crippen LogP) is 2.38. The maximum absolute atomic E-state index is 11.2. The Morgan fingerprint density at radius 2 is 2.00 bits per heavy atom. The molecule has 0 radical (unpaired) electrons. The van der Waals surface area contributed by atoms with E-state index in [1.807, 2.05) is 0 Å². The van der Waals surface area contributed by atoms with Crippen molar-refractivity contribution in [2.75, 3.05) is 13.2 Å². The van der Waals surface area contributed by atoms with E-state index in [9.17, 15) is 14.9 Å². The van der Waals surface area contributed by atoms with E-state index in [1.54, 1.807) is 6.92 Å². The molecule has 1 aliphatic heterocycles. The molecule has 1 aromatic rings. The van der Waals surface area contributed by atoms with E-state index in [1.165, 1.54) is 19.1 Å². The number of fused-ring (bicyclic) bond motifs is 1. The average Bonchev–Trinajstić information content (AvgIpc) is 2.43. The van der Waals surface area contributed by atoms with Gasteiger partial charge in [-0.15, -0.1) is 0 Å². The minimum absolute atomic E-state index is 0.137. The molecule has 1 aliphatic rings. The van der Waals surface area contributed by atoms with Crippen molar-refractivity contribution in [1.82, 2.24) is 0 Å². The van der Waals surface area contributed by atoms with Gasteiger partial charge in [-0.25, -0.2) is 0 Å². The normalized spacial score (nSPS) is 14.5. The molecule has 20 heavy (non-hydrogen) atoms. The Bertz CT molecular complexity index is 542. The first kappa shape index (κ1) is 14.1. The van der Waals surface area contributed by atoms with Gasteiger partial charge in [0.05, 0.1) is 16.6 Å². The first-order chi connectivity index (χ1) is 9.52. The highest BCUT2D eigenvalue weighted by Gasteiger charge is 2.28. The summed E-state index contributed by atoms with van der Waals surface area (Å²) in [6.07, 6.45) is -0.246. The van der Waals surface area contributed by atoms with Gasteiger partial charge in [-0.3, -0.25) is 14.9 Å². The molecule has 0 saturated carbocycles. The van der Waals surface area contributed by atoms with Gasteiger partial charge in [0.15, 0.2) is 11.5 Å². The molecule has 0 unspecified atom stereocenters. The van der Waals surface area contributed by atoms with Crippen LogP contribution in [0.3, 0.4) is 0 Å². The lowest BCUT2D eigenvalue weighted by molar-refractivity contribution is -0.386. The van der Waals surface area contributed by atoms with Crippen molar-refractivity contribution in [3.05, 3.63) is 27.8 Å². The van der Waals surface area contributed by atoms with Crippen molar-refractivity contribution in [1.29, 1.82) is 0 Å². The number of carbonyl (C=O) groups is 1. The molecular formula is C13H15NO6. The zero-order chi connectivity index (χ0) is 14.7. The number of hydrogen-bond donors (Lipinski definition) is 0. The lowest BCUT2D eigenvalue weighted by Gasteiger charge is -2.21. The molecule has 1 heterocycles. The number of benzene rings is 1. The lowest BCUT2D eigenvalue weighted by atomic mass is 10.0. The van der Waals surface area contributed by atoms with Crippen LogP contribution in [-0.2, 0) is 9.53 Å². The molecular weight excluding hydrogens is 266 g/mol. The third kappa shape index (κ3) is 2.81. The minimum atomic E-state index is -0.677. The van der Waals surface area contributed by atoms with E-state index < -0.39 is 17.0 Å². The van der Waals surface area contributed by atoms with Gasteiger partial charge in [0, 0.05) is 6.92 Å². The van der Waals surface area contributed by atoms with E-state index in [0.717, 1.165) is 0 Å². The molecule has 0 aromatic heterocycles. The first-order valence-corrected chi connectivity index (χ1v) is 6.28. The van der Waals surface area contributed by atoms with Crippen LogP contribution < -0.4 is 9.47 Å². The van der Waals surface area contributed by atoms with Crippen molar-refractivity contribution < 1.29 is 23.9 Å². The van der Waals surface area contributed by atoms with Gasteiger partial charge in [-0.2, -0.15) is 0 Å². The SMILES string of the molecule is CC[C@H](OC(C)=O)c1cc2c(cc1[N+](=O)[O-])OCCO2. The number of hydrogen-bond acceptors (Lipinski definition) is 6. The second kappa shape index (κ2) is 5.77. The molecule has 0 N–H and O–H groups in total. The van der Waals surface area contributed by atoms with E-state index in [4.69, 9.17) is 14.2 Å². The summed E-state index contributed by atoms with van der Waals surface area (Å²) in [5.74, 6) is 0.285. The molecule has 0 fully saturated rings. The Morgan fingerprint density at radius 1 is 1.40 bits per heavy atom. The van der Waals surface area contributed by atoms with Gasteiger partial charge in [0.1, 0.15) is 19.3 Å². The van der Waals surface area contributed by atoms with Crippen LogP contribution in [0, 0.1) is 10.1 Å². The van der Waals surface area contributed by atoms with Gasteiger partial charge in [0.25, 0.3) is 5.69 Å². The van der Waals surface area contributed by atoms with Gasteiger partial charge in [0.2, 0.25) is 0 Å². The summed E-state index contributed by atoms with van der Waals surface area (Å²) in [6.45, 7) is 3.79. The second-order valence-electron chi connectivity index (χ2n) is 4.32. The second-order valence-corrected chi connectivity index (χ2v) is 4.32. The average molecular weight is 281 g/mol. The van der Waals surface area contributed by atoms with E-state index in [-0.39, 0.29) is 5.69 Å². The van der Waals surface area contributed by atoms with Crippen LogP contribution in [0.5, 0.6) is 11.5 Å². The molecule has 1 atom stereocenters. The number of nitrogens with zero attached hydrogens (tertiary/aromatic N) is 1. The molecule has 7 heteroatoms. The van der Waals surface area contributed by atoms with Crippen LogP contribution in [0.15, 0.2) is 12.1 Å². The summed E-state index contributed by atoms with van der Waals surface area (Å²) >= 11 is 0. The molecule has 1 aromatic carbocycles. The molecule has 0 saturated heterocycles. The van der Waals surface area contributed by atoms with E-state index >= 15 is 0 Å². The fourth-order valence-corrected chi connectivity index (χ4v) is 2.08. The Morgan fingerprint density at radius 3 is 2.50 bits per heavy atom. The van der Waals surface area contributed by atoms with Gasteiger partial charge in [-0.1, -0.05) is 6.92 Å². The van der Waals surface area contributed by atoms with Gasteiger partial charge in [-0.05, 0) is 12.5 Å². The Hall–Kier alpha value is -2.31. The summed E-state index contributed by atoms with van der Waals surface area (Å²) < 4.78 is 15.9. The minimum Gasteiger partial charge on any atom is -0.486 e. The first-order valence-electron chi connectivity index (χ1n) is 6.28. The Labute approximate surface area is 115 Å². The van der Waals surface area contributed by atoms with E-state index in [0.29, 0.717) is 36.7 Å². The van der Waals surface area contributed by atoms with Crippen LogP contribution in [-0.4, -0.2) is 24.1 Å². The summed E-state index contributed by atoms with van der Waals surface area (Å²) in [6, 6.07) is 2.83. The number of rotatable bonds is 4. The van der Waals surface area contributed by atoms with Crippen molar-refractivity contribution in [3.8, 4) is 11.5 Å². The number of nitro benzene ring substituents is 1. The third-order valence-corrected chi connectivity index (χ3v) is 2.91. The van der Waals surface area contributed by atoms with Crippen LogP contribution in [0.25, 0.3) is 0 Å². The highest BCUT2D eigenvalue weighted by Crippen LogP contribution is 2.40. The van der Waals surface area contributed by atoms with Crippen LogP contribution >= 0.6 is 0 Å². The summed E-state index contributed by atoms with van der Waals surface area (Å²) in [5, 5.41) is 11.2. The third-order valence-electron chi connectivity index (χ3n) is 2.91. The van der Waals surface area contributed by atoms with Crippen molar-refractivity contribution in [3.63, 3.8) is 0 Å². The van der Waals surface area contributed by atoms with Crippen LogP contribution in [0.2, 0.25) is 0 Å². The Balaban J connectivity index is 2.48. The summed E-state index contributed by atoms with van der Waals surface area (Å²) in [7, 11) is 0. The zero-order valence-corrected chi connectivity index (χ0v) is 11.3. The monoisotopic (exact) mass is 281 g/mol. The van der Waals surface area contributed by atoms with E-state index in [2.05, 4.69) is 0 Å². The molecule has 0 bridgehead atoms. The Kier molecular flexibility index (Phi) is 4.07. The molecule has 2 rings (SSSR count). The fourth-order valence-electron chi connectivity index (χ4n) is 2.08. The molecule has 0 aliphatic carbocycles. The smallest absolute Gasteiger partial charge is 0.303 e. The zero-order valence-electron chi connectivity index (χ0n) is 11.3. The van der Waals surface area contributed by atoms with Crippen molar-refractivity contribution >= 4 is 11.7 Å². The number of esters is 1. The quantitative estimate of drug-likeness (QED) is 0.478. The maximum Gasteiger partial charge on any atom is 0.303 e. The summed E-state index contributed by atoms with van der Waals surface area (Å²) in [5.41, 5.74) is 0.180. The van der Waals surface area contributed by atoms with Gasteiger partial charge >= 0.3 is 5.97 Å². The molecule has 7 nitrogen and oxygen atoms in total. The highest BCUT2D eigenvalue weighted by molar-refractivity contribution is 5.67. The number of nitro groups is 1. The van der Waals surface area contributed by atoms with Crippen LogP contribution in [0.1, 0.15) is 31.9 Å². The largest absolute Gasteiger partial charge is 0.486 e. The standard InChI is InChI=1S/C13H15NO6/c1-3-11(20-8(2)15)9-6-12-13(19-5-4-18-12)7-10(9)14(16)17/h6-7,11H,3-5H2,1-2H3/t11-/m0/s1. The molecule has 0 spiro atoms. The number of carbonyl (C=O) groups excluding carboxylic acids is 1. The molecule has 108 valence electrons. The van der Waals surface area contributed by atoms with Crippen LogP contribution in [0.4, 0.5) is 5.69 Å². The number of ether oxygens (including phenoxy) is 3.